The summed E-state index contributed by atoms with van der Waals surface area (Å²) in [5.74, 6) is -9.33. The zero-order valence-corrected chi connectivity index (χ0v) is 24.0. The molecule has 1 aliphatic carbocycles. The van der Waals surface area contributed by atoms with Crippen LogP contribution in [0.1, 0.15) is 37.4 Å². The van der Waals surface area contributed by atoms with Crippen molar-refractivity contribution in [1.29, 1.82) is 10.5 Å². The van der Waals surface area contributed by atoms with Crippen LogP contribution in [-0.2, 0) is 0 Å². The van der Waals surface area contributed by atoms with E-state index in [9.17, 15) is 50.0 Å². The van der Waals surface area contributed by atoms with Gasteiger partial charge in [0.25, 0.3) is 17.5 Å². The van der Waals surface area contributed by atoms with Gasteiger partial charge in [-0.1, -0.05) is 39.7 Å². The monoisotopic (exact) mass is 712 g/mol. The zero-order valence-electron chi connectivity index (χ0n) is 21.6. The number of hydrogen-bond donors (Lipinski definition) is 2. The van der Waals surface area contributed by atoms with Crippen LogP contribution >= 0.6 is 27.5 Å². The van der Waals surface area contributed by atoms with Crippen LogP contribution in [0, 0.1) is 29.6 Å². The van der Waals surface area contributed by atoms with Gasteiger partial charge in [0.1, 0.15) is 10.4 Å². The highest BCUT2D eigenvalue weighted by Gasteiger charge is 2.88. The zero-order chi connectivity index (χ0) is 33.5. The number of benzene rings is 2. The Morgan fingerprint density at radius 1 is 0.932 bits per heavy atom. The molecule has 0 bridgehead atoms. The summed E-state index contributed by atoms with van der Waals surface area (Å²) in [5, 5.41) is 21.6. The summed E-state index contributed by atoms with van der Waals surface area (Å²) in [6, 6.07) is 7.67. The SMILES string of the molecule is Cc1cc(C#N)ccc1C(=O)Nc1cc(C(=O)NC2C(Cl)=CC=CC2(Br)C(F)(C(F)(F)F)C(F)(F)C(F)(F)F)ccc1C#N. The van der Waals surface area contributed by atoms with E-state index in [4.69, 9.17) is 16.9 Å². The predicted molar refractivity (Wildman–Crippen MR) is 142 cm³/mol. The van der Waals surface area contributed by atoms with E-state index in [1.165, 1.54) is 25.1 Å². The minimum Gasteiger partial charge on any atom is -0.342 e. The lowest BCUT2D eigenvalue weighted by Gasteiger charge is -2.48. The van der Waals surface area contributed by atoms with E-state index in [-0.39, 0.29) is 28.5 Å². The maximum absolute atomic E-state index is 15.6. The lowest BCUT2D eigenvalue weighted by Crippen LogP contribution is -2.75. The fraction of sp³-hybridized carbons (Fsp3) is 0.259. The Labute approximate surface area is 255 Å². The van der Waals surface area contributed by atoms with Crippen molar-refractivity contribution in [3.8, 4) is 12.1 Å². The van der Waals surface area contributed by atoms with E-state index in [0.29, 0.717) is 11.6 Å². The number of rotatable bonds is 6. The first kappa shape index (κ1) is 34.5. The molecule has 3 unspecified atom stereocenters. The van der Waals surface area contributed by atoms with Gasteiger partial charge in [-0.2, -0.15) is 45.6 Å². The van der Waals surface area contributed by atoms with Crippen LogP contribution in [0.5, 0.6) is 0 Å². The van der Waals surface area contributed by atoms with Crippen molar-refractivity contribution in [2.75, 3.05) is 5.32 Å². The summed E-state index contributed by atoms with van der Waals surface area (Å²) in [4.78, 5) is 26.0. The normalized spacial score (nSPS) is 20.0. The highest BCUT2D eigenvalue weighted by Crippen LogP contribution is 2.62. The highest BCUT2D eigenvalue weighted by molar-refractivity contribution is 9.10. The van der Waals surface area contributed by atoms with Gasteiger partial charge in [0.05, 0.1) is 28.9 Å². The third kappa shape index (κ3) is 5.76. The van der Waals surface area contributed by atoms with E-state index >= 15 is 4.39 Å². The van der Waals surface area contributed by atoms with Gasteiger partial charge < -0.3 is 10.6 Å². The minimum atomic E-state index is -7.06. The number of alkyl halides is 10. The molecule has 2 N–H and O–H groups in total. The summed E-state index contributed by atoms with van der Waals surface area (Å²) in [6.07, 6.45) is -12.7. The molecular weight excluding hydrogens is 699 g/mol. The molecule has 232 valence electrons. The van der Waals surface area contributed by atoms with Crippen LogP contribution in [0.3, 0.4) is 0 Å². The largest absolute Gasteiger partial charge is 0.457 e. The van der Waals surface area contributed by atoms with Gasteiger partial charge in [0.2, 0.25) is 0 Å². The number of halogens is 11. The third-order valence-electron chi connectivity index (χ3n) is 6.52. The fourth-order valence-electron chi connectivity index (χ4n) is 4.27. The summed E-state index contributed by atoms with van der Waals surface area (Å²) >= 11 is 7.94. The first-order chi connectivity index (χ1) is 20.2. The van der Waals surface area contributed by atoms with Gasteiger partial charge >= 0.3 is 18.3 Å². The Bertz CT molecular complexity index is 1660. The molecule has 1 aliphatic rings. The lowest BCUT2D eigenvalue weighted by atomic mass is 9.75. The number of nitrogens with one attached hydrogen (secondary N) is 2. The molecule has 6 nitrogen and oxygen atoms in total. The molecule has 0 heterocycles. The molecule has 3 rings (SSSR count). The molecule has 0 saturated carbocycles. The second-order valence-electron chi connectivity index (χ2n) is 9.28. The predicted octanol–water partition coefficient (Wildman–Crippen LogP) is 7.38. The van der Waals surface area contributed by atoms with Crippen LogP contribution in [0.25, 0.3) is 0 Å². The molecule has 3 atom stereocenters. The Hall–Kier alpha value is -4.02. The first-order valence-corrected chi connectivity index (χ1v) is 12.9. The number of carbonyl (C=O) groups is 2. The molecule has 0 fully saturated rings. The average molecular weight is 714 g/mol. The molecule has 0 aliphatic heterocycles. The first-order valence-electron chi connectivity index (χ1n) is 11.8. The molecule has 2 aromatic rings. The maximum Gasteiger partial charge on any atom is 0.457 e. The molecule has 2 amide bonds. The van der Waals surface area contributed by atoms with Crippen molar-refractivity contribution in [3.63, 3.8) is 0 Å². The van der Waals surface area contributed by atoms with Crippen LogP contribution in [0.2, 0.25) is 0 Å². The number of carbonyl (C=O) groups excluding carboxylic acids is 2. The number of aryl methyl sites for hydroxylation is 1. The van der Waals surface area contributed by atoms with Crippen molar-refractivity contribution in [3.05, 3.63) is 87.5 Å². The molecule has 44 heavy (non-hydrogen) atoms. The molecule has 0 aromatic heterocycles. The molecular formula is C27H15BrClF9N4O2. The summed E-state index contributed by atoms with van der Waals surface area (Å²) in [6.45, 7) is 1.50. The quantitative estimate of drug-likeness (QED) is 0.241. The molecule has 0 saturated heterocycles. The van der Waals surface area contributed by atoms with E-state index in [1.54, 1.807) is 11.4 Å². The van der Waals surface area contributed by atoms with Gasteiger partial charge in [0, 0.05) is 16.2 Å². The molecule has 0 radical (unpaired) electrons. The Balaban J connectivity index is 2.05. The van der Waals surface area contributed by atoms with Crippen molar-refractivity contribution in [2.45, 2.75) is 41.2 Å². The summed E-state index contributed by atoms with van der Waals surface area (Å²) in [5.41, 5.74) is -6.87. The van der Waals surface area contributed by atoms with Gasteiger partial charge in [-0.15, -0.1) is 0 Å². The number of amides is 2. The van der Waals surface area contributed by atoms with E-state index < -0.39 is 56.7 Å². The van der Waals surface area contributed by atoms with Crippen LogP contribution < -0.4 is 10.6 Å². The standard InChI is InChI=1S/C27H15BrClF9N4O2/c1-13-9-14(11-39)4-7-17(13)22(44)41-19-10-15(5-6-16(19)12-40)21(43)42-20-18(29)3-2-8-23(20,28)24(30,26(33,34)35)25(31,32)27(36,37)38/h2-10,20H,1H3,(H,41,44)(H,42,43). The number of nitriles is 2. The van der Waals surface area contributed by atoms with Crippen LogP contribution in [0.4, 0.5) is 45.2 Å². The second kappa shape index (κ2) is 11.8. The van der Waals surface area contributed by atoms with Gasteiger partial charge in [-0.05, 0) is 55.0 Å². The van der Waals surface area contributed by atoms with Crippen LogP contribution in [0.15, 0.2) is 59.7 Å². The second-order valence-corrected chi connectivity index (χ2v) is 11.0. The van der Waals surface area contributed by atoms with Gasteiger partial charge in [-0.25, -0.2) is 4.39 Å². The van der Waals surface area contributed by atoms with Crippen molar-refractivity contribution >= 4 is 45.0 Å². The number of hydrogen-bond acceptors (Lipinski definition) is 4. The maximum atomic E-state index is 15.6. The Morgan fingerprint density at radius 2 is 1.57 bits per heavy atom. The summed E-state index contributed by atoms with van der Waals surface area (Å²) < 4.78 is 122. The lowest BCUT2D eigenvalue weighted by molar-refractivity contribution is -0.388. The summed E-state index contributed by atoms with van der Waals surface area (Å²) in [7, 11) is 0. The van der Waals surface area contributed by atoms with Crippen LogP contribution in [-0.4, -0.2) is 46.1 Å². The number of allylic oxidation sites excluding steroid dienone is 2. The fourth-order valence-corrected chi connectivity index (χ4v) is 5.69. The molecule has 17 heteroatoms. The van der Waals surface area contributed by atoms with E-state index in [1.807, 2.05) is 6.07 Å². The number of nitrogens with zero attached hydrogens (tertiary/aromatic N) is 2. The number of anilines is 1. The molecule has 2 aromatic carbocycles. The third-order valence-corrected chi connectivity index (χ3v) is 8.14. The van der Waals surface area contributed by atoms with Gasteiger partial charge in [0.15, 0.2) is 0 Å². The van der Waals surface area contributed by atoms with E-state index in [0.717, 1.165) is 24.3 Å². The van der Waals surface area contributed by atoms with Crippen molar-refractivity contribution < 1.29 is 49.1 Å². The smallest absolute Gasteiger partial charge is 0.342 e. The highest BCUT2D eigenvalue weighted by atomic mass is 79.9. The topological polar surface area (TPSA) is 106 Å². The van der Waals surface area contributed by atoms with Crippen molar-refractivity contribution in [2.24, 2.45) is 0 Å². The van der Waals surface area contributed by atoms with E-state index in [2.05, 4.69) is 21.2 Å². The van der Waals surface area contributed by atoms with Crippen molar-refractivity contribution in [1.82, 2.24) is 5.32 Å². The molecule has 0 spiro atoms. The Morgan fingerprint density at radius 3 is 2.09 bits per heavy atom. The van der Waals surface area contributed by atoms with Gasteiger partial charge in [-0.3, -0.25) is 9.59 Å². The average Bonchev–Trinajstić information content (AvgIpc) is 2.92. The minimum absolute atomic E-state index is 0.0152. The Kier molecular flexibility index (Phi) is 9.26.